The van der Waals surface area contributed by atoms with E-state index in [1.165, 1.54) is 13.1 Å². The van der Waals surface area contributed by atoms with Gasteiger partial charge in [0.2, 0.25) is 11.8 Å². The number of carbonyl (C=O) groups is 4. The predicted molar refractivity (Wildman–Crippen MR) is 73.6 cm³/mol. The summed E-state index contributed by atoms with van der Waals surface area (Å²) in [4.78, 5) is 56.0. The van der Waals surface area contributed by atoms with Crippen LogP contribution in [-0.4, -0.2) is 53.7 Å². The number of piperidine rings is 1. The second-order valence-electron chi connectivity index (χ2n) is 4.50. The van der Waals surface area contributed by atoms with Crippen LogP contribution < -0.4 is 5.32 Å². The summed E-state index contributed by atoms with van der Waals surface area (Å²) < 4.78 is 0. The molecule has 4 amide bonds. The van der Waals surface area contributed by atoms with Gasteiger partial charge in [0.25, 0.3) is 11.8 Å². The zero-order chi connectivity index (χ0) is 15.6. The summed E-state index contributed by atoms with van der Waals surface area (Å²) in [5.41, 5.74) is 0.0856. The number of nitrogens with zero attached hydrogens (tertiary/aromatic N) is 3. The van der Waals surface area contributed by atoms with Crippen LogP contribution in [0.2, 0.25) is 0 Å². The van der Waals surface area contributed by atoms with Gasteiger partial charge in [0.1, 0.15) is 18.1 Å². The van der Waals surface area contributed by atoms with Crippen LogP contribution in [-0.2, 0) is 19.2 Å². The Bertz CT molecular complexity index is 618. The number of nitrogens with one attached hydrogen (secondary N) is 1. The van der Waals surface area contributed by atoms with Crippen molar-refractivity contribution in [1.29, 1.82) is 0 Å². The van der Waals surface area contributed by atoms with Gasteiger partial charge in [-0.25, -0.2) is 4.99 Å². The number of hydrogen-bond donors (Lipinski definition) is 1. The van der Waals surface area contributed by atoms with Gasteiger partial charge in [-0.2, -0.15) is 0 Å². The van der Waals surface area contributed by atoms with E-state index >= 15 is 0 Å². The first kappa shape index (κ1) is 14.8. The van der Waals surface area contributed by atoms with Crippen molar-refractivity contribution < 1.29 is 19.2 Å². The summed E-state index contributed by atoms with van der Waals surface area (Å²) in [5, 5.41) is 2.13. The lowest BCUT2D eigenvalue weighted by molar-refractivity contribution is -0.148. The van der Waals surface area contributed by atoms with E-state index in [1.807, 2.05) is 0 Å². The molecule has 8 nitrogen and oxygen atoms in total. The Labute approximate surface area is 120 Å². The molecule has 2 rings (SSSR count). The molecule has 0 aromatic rings. The number of aliphatic imine (C=N–C) groups is 2. The van der Waals surface area contributed by atoms with Gasteiger partial charge in [-0.3, -0.25) is 34.4 Å². The van der Waals surface area contributed by atoms with Crippen LogP contribution in [0, 0.1) is 0 Å². The first-order chi connectivity index (χ1) is 10.0. The Morgan fingerprint density at radius 1 is 1.24 bits per heavy atom. The molecule has 2 aliphatic rings. The van der Waals surface area contributed by atoms with Gasteiger partial charge in [-0.15, -0.1) is 0 Å². The molecule has 1 N–H and O–H groups in total. The predicted octanol–water partition coefficient (Wildman–Crippen LogP) is -0.794. The second kappa shape index (κ2) is 5.78. The SMILES string of the molecule is C/C=C1/C(=O)N(C2CCC(=O)NC2=O)C(=O)/C1=N/C=N\C. The van der Waals surface area contributed by atoms with E-state index in [2.05, 4.69) is 15.3 Å². The highest BCUT2D eigenvalue weighted by molar-refractivity contribution is 6.59. The maximum Gasteiger partial charge on any atom is 0.280 e. The molecule has 2 saturated heterocycles. The van der Waals surface area contributed by atoms with Gasteiger partial charge in [0.15, 0.2) is 0 Å². The number of carbonyl (C=O) groups excluding carboxylic acids is 4. The molecule has 2 fully saturated rings. The van der Waals surface area contributed by atoms with Gasteiger partial charge in [-0.1, -0.05) is 6.08 Å². The minimum Gasteiger partial charge on any atom is -0.295 e. The zero-order valence-corrected chi connectivity index (χ0v) is 11.6. The summed E-state index contributed by atoms with van der Waals surface area (Å²) in [5.74, 6) is -2.29. The molecule has 2 heterocycles. The maximum atomic E-state index is 12.3. The largest absolute Gasteiger partial charge is 0.295 e. The van der Waals surface area contributed by atoms with Crippen LogP contribution in [0.3, 0.4) is 0 Å². The minimum atomic E-state index is -0.982. The van der Waals surface area contributed by atoms with Gasteiger partial charge < -0.3 is 0 Å². The van der Waals surface area contributed by atoms with E-state index in [0.29, 0.717) is 0 Å². The molecular formula is C13H14N4O4. The third kappa shape index (κ3) is 2.51. The third-order valence-corrected chi connectivity index (χ3v) is 3.24. The summed E-state index contributed by atoms with van der Waals surface area (Å²) in [6, 6.07) is -0.982. The highest BCUT2D eigenvalue weighted by Gasteiger charge is 2.47. The normalized spacial score (nSPS) is 27.3. The maximum absolute atomic E-state index is 12.3. The summed E-state index contributed by atoms with van der Waals surface area (Å²) in [6.07, 6.45) is 2.84. The van der Waals surface area contributed by atoms with E-state index in [9.17, 15) is 19.2 Å². The van der Waals surface area contributed by atoms with Crippen molar-refractivity contribution in [3.63, 3.8) is 0 Å². The van der Waals surface area contributed by atoms with Crippen molar-refractivity contribution in [2.75, 3.05) is 7.05 Å². The van der Waals surface area contributed by atoms with Crippen molar-refractivity contribution in [2.24, 2.45) is 9.98 Å². The Hall–Kier alpha value is -2.64. The first-order valence-corrected chi connectivity index (χ1v) is 6.38. The fourth-order valence-corrected chi connectivity index (χ4v) is 2.26. The van der Waals surface area contributed by atoms with Crippen LogP contribution in [0.5, 0.6) is 0 Å². The van der Waals surface area contributed by atoms with Gasteiger partial charge in [0.05, 0.1) is 5.57 Å². The molecule has 0 saturated carbocycles. The average Bonchev–Trinajstić information content (AvgIpc) is 2.68. The molecule has 0 aromatic carbocycles. The monoisotopic (exact) mass is 290 g/mol. The number of hydrogen-bond acceptors (Lipinski definition) is 5. The molecule has 21 heavy (non-hydrogen) atoms. The smallest absolute Gasteiger partial charge is 0.280 e. The lowest BCUT2D eigenvalue weighted by Crippen LogP contribution is -2.54. The van der Waals surface area contributed by atoms with Crippen LogP contribution in [0.1, 0.15) is 19.8 Å². The number of rotatable bonds is 2. The standard InChI is InChI=1S/C13H14N4O4/c1-3-7-10(15-6-14-2)13(21)17(12(7)20)8-4-5-9(18)16-11(8)19/h3,6,8H,4-5H2,1-2H3,(H,16,18,19)/b7-3+,14-6-,15-10+. The molecule has 2 aliphatic heterocycles. The third-order valence-electron chi connectivity index (χ3n) is 3.24. The first-order valence-electron chi connectivity index (χ1n) is 6.38. The van der Waals surface area contributed by atoms with Crippen LogP contribution in [0.15, 0.2) is 21.6 Å². The number of imide groups is 2. The van der Waals surface area contributed by atoms with Gasteiger partial charge in [0, 0.05) is 13.5 Å². The molecule has 0 aliphatic carbocycles. The van der Waals surface area contributed by atoms with E-state index in [4.69, 9.17) is 0 Å². The molecule has 0 spiro atoms. The van der Waals surface area contributed by atoms with E-state index in [0.717, 1.165) is 11.2 Å². The fourth-order valence-electron chi connectivity index (χ4n) is 2.26. The molecule has 8 heteroatoms. The Balaban J connectivity index is 2.37. The Morgan fingerprint density at radius 2 is 1.95 bits per heavy atom. The summed E-state index contributed by atoms with van der Waals surface area (Å²) >= 11 is 0. The van der Waals surface area contributed by atoms with Crippen molar-refractivity contribution in [3.8, 4) is 0 Å². The zero-order valence-electron chi connectivity index (χ0n) is 11.6. The van der Waals surface area contributed by atoms with E-state index in [-0.39, 0.29) is 24.1 Å². The molecule has 110 valence electrons. The Kier molecular flexibility index (Phi) is 4.06. The molecular weight excluding hydrogens is 276 g/mol. The molecule has 0 aromatic heterocycles. The molecule has 1 atom stereocenters. The highest BCUT2D eigenvalue weighted by Crippen LogP contribution is 2.23. The van der Waals surface area contributed by atoms with Crippen molar-refractivity contribution in [1.82, 2.24) is 10.2 Å². The van der Waals surface area contributed by atoms with E-state index < -0.39 is 29.7 Å². The topological polar surface area (TPSA) is 108 Å². The van der Waals surface area contributed by atoms with Crippen molar-refractivity contribution in [3.05, 3.63) is 11.6 Å². The van der Waals surface area contributed by atoms with Crippen molar-refractivity contribution >= 4 is 35.7 Å². The summed E-state index contributed by atoms with van der Waals surface area (Å²) in [6.45, 7) is 1.60. The lowest BCUT2D eigenvalue weighted by Gasteiger charge is -2.27. The minimum absolute atomic E-state index is 0.0437. The Morgan fingerprint density at radius 3 is 2.52 bits per heavy atom. The van der Waals surface area contributed by atoms with Crippen LogP contribution in [0.25, 0.3) is 0 Å². The highest BCUT2D eigenvalue weighted by atomic mass is 16.2. The molecule has 0 bridgehead atoms. The van der Waals surface area contributed by atoms with Gasteiger partial charge >= 0.3 is 0 Å². The number of amides is 4. The van der Waals surface area contributed by atoms with Crippen LogP contribution in [0.4, 0.5) is 0 Å². The number of likely N-dealkylation sites (tertiary alicyclic amines) is 1. The second-order valence-corrected chi connectivity index (χ2v) is 4.50. The number of allylic oxidation sites excluding steroid dienone is 1. The van der Waals surface area contributed by atoms with Crippen LogP contribution >= 0.6 is 0 Å². The molecule has 0 radical (unpaired) electrons. The quantitative estimate of drug-likeness (QED) is 0.311. The lowest BCUT2D eigenvalue weighted by atomic mass is 10.0. The van der Waals surface area contributed by atoms with Gasteiger partial charge in [-0.05, 0) is 13.3 Å². The fraction of sp³-hybridized carbons (Fsp3) is 0.385. The average molecular weight is 290 g/mol. The summed E-state index contributed by atoms with van der Waals surface area (Å²) in [7, 11) is 1.48. The van der Waals surface area contributed by atoms with E-state index in [1.54, 1.807) is 6.92 Å². The molecule has 1 unspecified atom stereocenters. The van der Waals surface area contributed by atoms with Crippen molar-refractivity contribution in [2.45, 2.75) is 25.8 Å².